The number of urea groups is 1. The summed E-state index contributed by atoms with van der Waals surface area (Å²) in [6, 6.07) is 24.4. The largest absolute Gasteiger partial charge is 0.459 e. The molecule has 0 radical (unpaired) electrons. The highest BCUT2D eigenvalue weighted by Crippen LogP contribution is 2.24. The summed E-state index contributed by atoms with van der Waals surface area (Å²) in [5.41, 5.74) is 2.65. The predicted molar refractivity (Wildman–Crippen MR) is 121 cm³/mol. The molecule has 6 nitrogen and oxygen atoms in total. The van der Waals surface area contributed by atoms with Gasteiger partial charge in [0.05, 0.1) is 12.3 Å². The Hall–Kier alpha value is -4.06. The summed E-state index contributed by atoms with van der Waals surface area (Å²) in [5, 5.41) is 10.9. The van der Waals surface area contributed by atoms with E-state index in [4.69, 9.17) is 4.42 Å². The van der Waals surface area contributed by atoms with Crippen LogP contribution in [0.4, 0.5) is 10.5 Å². The summed E-state index contributed by atoms with van der Waals surface area (Å²) in [6.07, 6.45) is 1.45. The van der Waals surface area contributed by atoms with Gasteiger partial charge >= 0.3 is 6.03 Å². The number of fused-ring (bicyclic) bond motifs is 1. The van der Waals surface area contributed by atoms with E-state index in [-0.39, 0.29) is 23.7 Å². The molecule has 0 aliphatic carbocycles. The van der Waals surface area contributed by atoms with Crippen LogP contribution in [0.15, 0.2) is 89.5 Å². The van der Waals surface area contributed by atoms with Gasteiger partial charge in [-0.1, -0.05) is 54.6 Å². The van der Waals surface area contributed by atoms with Gasteiger partial charge in [-0.15, -0.1) is 0 Å². The van der Waals surface area contributed by atoms with Gasteiger partial charge < -0.3 is 20.4 Å². The average molecular weight is 413 g/mol. The van der Waals surface area contributed by atoms with E-state index in [1.54, 1.807) is 24.3 Å². The molecule has 6 heteroatoms. The summed E-state index contributed by atoms with van der Waals surface area (Å²) in [5.74, 6) is -0.0552. The third kappa shape index (κ3) is 4.93. The van der Waals surface area contributed by atoms with Crippen molar-refractivity contribution >= 4 is 28.4 Å². The van der Waals surface area contributed by atoms with Crippen molar-refractivity contribution in [3.05, 3.63) is 102 Å². The van der Waals surface area contributed by atoms with Gasteiger partial charge in [0.1, 0.15) is 0 Å². The summed E-state index contributed by atoms with van der Waals surface area (Å²) >= 11 is 0. The minimum Gasteiger partial charge on any atom is -0.459 e. The van der Waals surface area contributed by atoms with Crippen molar-refractivity contribution in [2.24, 2.45) is 0 Å². The molecule has 0 saturated carbocycles. The molecule has 3 N–H and O–H groups in total. The van der Waals surface area contributed by atoms with Crippen molar-refractivity contribution in [1.82, 2.24) is 10.6 Å². The molecule has 0 spiro atoms. The third-order valence-electron chi connectivity index (χ3n) is 5.05. The van der Waals surface area contributed by atoms with Crippen molar-refractivity contribution in [2.75, 3.05) is 5.32 Å². The number of furan rings is 1. The Balaban J connectivity index is 1.31. The monoisotopic (exact) mass is 413 g/mol. The molecular formula is C25H23N3O3. The number of carbonyl (C=O) groups excluding carboxylic acids is 2. The number of nitrogens with one attached hydrogen (secondary N) is 3. The fourth-order valence-electron chi connectivity index (χ4n) is 3.44. The standard InChI is InChI=1S/C25H23N3O3/c1-17(21-9-4-7-19-6-2-3-8-22(19)21)27-25(30)26-16-18-11-13-20(14-12-18)28-24(29)23-10-5-15-31-23/h2-15,17H,16H2,1H3,(H,28,29)(H2,26,27,30)/t17-/m0/s1. The first-order valence-electron chi connectivity index (χ1n) is 10.1. The molecule has 0 unspecified atom stereocenters. The normalized spacial score (nSPS) is 11.6. The number of hydrogen-bond acceptors (Lipinski definition) is 3. The Morgan fingerprint density at radius 1 is 0.903 bits per heavy atom. The molecule has 1 atom stereocenters. The molecule has 1 aromatic heterocycles. The van der Waals surface area contributed by atoms with E-state index in [0.717, 1.165) is 21.9 Å². The Morgan fingerprint density at radius 2 is 1.68 bits per heavy atom. The zero-order chi connectivity index (χ0) is 21.6. The lowest BCUT2D eigenvalue weighted by Gasteiger charge is -2.17. The molecule has 0 bridgehead atoms. The van der Waals surface area contributed by atoms with E-state index in [1.165, 1.54) is 6.26 Å². The fourth-order valence-corrected chi connectivity index (χ4v) is 3.44. The minimum absolute atomic E-state index is 0.134. The Kier molecular flexibility index (Phi) is 5.98. The molecular weight excluding hydrogens is 390 g/mol. The zero-order valence-corrected chi connectivity index (χ0v) is 17.1. The van der Waals surface area contributed by atoms with Gasteiger partial charge in [-0.3, -0.25) is 4.79 Å². The van der Waals surface area contributed by atoms with E-state index < -0.39 is 0 Å². The molecule has 1 heterocycles. The molecule has 0 fully saturated rings. The van der Waals surface area contributed by atoms with E-state index >= 15 is 0 Å². The van der Waals surface area contributed by atoms with Gasteiger partial charge in [-0.05, 0) is 53.1 Å². The second-order valence-electron chi connectivity index (χ2n) is 7.25. The fraction of sp³-hybridized carbons (Fsp3) is 0.120. The van der Waals surface area contributed by atoms with Gasteiger partial charge in [-0.25, -0.2) is 4.79 Å². The highest BCUT2D eigenvalue weighted by atomic mass is 16.3. The average Bonchev–Trinajstić information content (AvgIpc) is 3.33. The van der Waals surface area contributed by atoms with E-state index in [1.807, 2.05) is 43.3 Å². The van der Waals surface area contributed by atoms with Crippen LogP contribution in [0.5, 0.6) is 0 Å². The second-order valence-corrected chi connectivity index (χ2v) is 7.25. The van der Waals surface area contributed by atoms with Crippen LogP contribution in [0.1, 0.15) is 34.6 Å². The third-order valence-corrected chi connectivity index (χ3v) is 5.05. The van der Waals surface area contributed by atoms with Gasteiger partial charge in [0.25, 0.3) is 5.91 Å². The molecule has 31 heavy (non-hydrogen) atoms. The van der Waals surface area contributed by atoms with Crippen molar-refractivity contribution < 1.29 is 14.0 Å². The van der Waals surface area contributed by atoms with Crippen molar-refractivity contribution in [3.8, 4) is 0 Å². The Morgan fingerprint density at radius 3 is 2.45 bits per heavy atom. The Bertz CT molecular complexity index is 1180. The number of rotatable bonds is 6. The molecule has 3 aromatic carbocycles. The second kappa shape index (κ2) is 9.17. The molecule has 0 aliphatic rings. The number of anilines is 1. The first-order chi connectivity index (χ1) is 15.1. The smallest absolute Gasteiger partial charge is 0.315 e. The maximum absolute atomic E-state index is 12.4. The molecule has 4 aromatic rings. The maximum atomic E-state index is 12.4. The SMILES string of the molecule is C[C@H](NC(=O)NCc1ccc(NC(=O)c2ccco2)cc1)c1cccc2ccccc12. The van der Waals surface area contributed by atoms with Crippen LogP contribution in [-0.4, -0.2) is 11.9 Å². The van der Waals surface area contributed by atoms with Gasteiger partial charge in [0.15, 0.2) is 5.76 Å². The minimum atomic E-state index is -0.308. The summed E-state index contributed by atoms with van der Waals surface area (Å²) in [4.78, 5) is 24.4. The van der Waals surface area contributed by atoms with Crippen molar-refractivity contribution in [2.45, 2.75) is 19.5 Å². The Labute approximate surface area is 180 Å². The first-order valence-corrected chi connectivity index (χ1v) is 10.1. The molecule has 0 saturated heterocycles. The summed E-state index contributed by atoms with van der Waals surface area (Å²) in [7, 11) is 0. The maximum Gasteiger partial charge on any atom is 0.315 e. The predicted octanol–water partition coefficient (Wildman–Crippen LogP) is 5.25. The summed E-state index contributed by atoms with van der Waals surface area (Å²) < 4.78 is 5.08. The lowest BCUT2D eigenvalue weighted by atomic mass is 10.00. The zero-order valence-electron chi connectivity index (χ0n) is 17.1. The molecule has 4 rings (SSSR count). The molecule has 156 valence electrons. The molecule has 3 amide bonds. The van der Waals surface area contributed by atoms with Gasteiger partial charge in [0.2, 0.25) is 0 Å². The van der Waals surface area contributed by atoms with Gasteiger partial charge in [-0.2, -0.15) is 0 Å². The van der Waals surface area contributed by atoms with E-state index in [0.29, 0.717) is 12.2 Å². The van der Waals surface area contributed by atoms with Crippen LogP contribution in [0.3, 0.4) is 0 Å². The van der Waals surface area contributed by atoms with Crippen LogP contribution in [-0.2, 0) is 6.54 Å². The number of hydrogen-bond donors (Lipinski definition) is 3. The number of benzene rings is 3. The summed E-state index contributed by atoms with van der Waals surface area (Å²) in [6.45, 7) is 2.35. The number of amides is 3. The number of carbonyl (C=O) groups is 2. The highest BCUT2D eigenvalue weighted by molar-refractivity contribution is 6.02. The van der Waals surface area contributed by atoms with Crippen LogP contribution >= 0.6 is 0 Å². The van der Waals surface area contributed by atoms with Gasteiger partial charge in [0, 0.05) is 12.2 Å². The van der Waals surface area contributed by atoms with Crippen LogP contribution in [0.2, 0.25) is 0 Å². The first kappa shape index (κ1) is 20.2. The quantitative estimate of drug-likeness (QED) is 0.404. The van der Waals surface area contributed by atoms with Crippen molar-refractivity contribution in [3.63, 3.8) is 0 Å². The van der Waals surface area contributed by atoms with Crippen molar-refractivity contribution in [1.29, 1.82) is 0 Å². The van der Waals surface area contributed by atoms with Crippen LogP contribution in [0.25, 0.3) is 10.8 Å². The van der Waals surface area contributed by atoms with Crippen LogP contribution < -0.4 is 16.0 Å². The highest BCUT2D eigenvalue weighted by Gasteiger charge is 2.12. The lowest BCUT2D eigenvalue weighted by Crippen LogP contribution is -2.36. The lowest BCUT2D eigenvalue weighted by molar-refractivity contribution is 0.0996. The topological polar surface area (TPSA) is 83.4 Å². The molecule has 0 aliphatic heterocycles. The van der Waals surface area contributed by atoms with E-state index in [9.17, 15) is 9.59 Å². The van der Waals surface area contributed by atoms with Crippen LogP contribution in [0, 0.1) is 0 Å². The van der Waals surface area contributed by atoms with E-state index in [2.05, 4.69) is 34.1 Å².